The Morgan fingerprint density at radius 3 is 2.68 bits per heavy atom. The quantitative estimate of drug-likeness (QED) is 0.491. The number of aromatic nitrogens is 1. The first-order chi connectivity index (χ1) is 13.3. The van der Waals surface area contributed by atoms with Crippen LogP contribution in [-0.4, -0.2) is 28.1 Å². The number of halogens is 1. The molecule has 0 atom stereocenters. The van der Waals surface area contributed by atoms with E-state index in [4.69, 9.17) is 17.0 Å². The summed E-state index contributed by atoms with van der Waals surface area (Å²) in [6.07, 6.45) is -0.207. The van der Waals surface area contributed by atoms with Gasteiger partial charge in [-0.1, -0.05) is 17.4 Å². The third-order valence-corrected chi connectivity index (χ3v) is 4.64. The van der Waals surface area contributed by atoms with Gasteiger partial charge in [-0.05, 0) is 62.5 Å². The maximum absolute atomic E-state index is 13.2. The number of anilines is 1. The van der Waals surface area contributed by atoms with Gasteiger partial charge in [0.1, 0.15) is 5.82 Å². The van der Waals surface area contributed by atoms with E-state index in [0.29, 0.717) is 16.2 Å². The van der Waals surface area contributed by atoms with Crippen molar-refractivity contribution in [2.45, 2.75) is 20.0 Å². The second-order valence-corrected chi connectivity index (χ2v) is 7.51. The van der Waals surface area contributed by atoms with Crippen LogP contribution >= 0.6 is 23.6 Å². The lowest BCUT2D eigenvalue weighted by Gasteiger charge is -2.07. The van der Waals surface area contributed by atoms with Crippen LogP contribution < -0.4 is 10.6 Å². The molecule has 0 fully saturated rings. The molecule has 0 saturated carbocycles. The molecule has 0 radical (unpaired) electrons. The summed E-state index contributed by atoms with van der Waals surface area (Å²) < 4.78 is 19.2. The fourth-order valence-electron chi connectivity index (χ4n) is 2.32. The molecule has 0 aliphatic rings. The second kappa shape index (κ2) is 8.41. The molecule has 0 aliphatic heterocycles. The van der Waals surface area contributed by atoms with Crippen LogP contribution in [0.2, 0.25) is 0 Å². The molecule has 3 aromatic rings. The van der Waals surface area contributed by atoms with Crippen molar-refractivity contribution >= 4 is 55.9 Å². The van der Waals surface area contributed by atoms with Gasteiger partial charge in [-0.15, -0.1) is 0 Å². The highest BCUT2D eigenvalue weighted by Gasteiger charge is 2.14. The van der Waals surface area contributed by atoms with Crippen molar-refractivity contribution in [3.8, 4) is 0 Å². The summed E-state index contributed by atoms with van der Waals surface area (Å²) in [4.78, 5) is 28.5. The van der Waals surface area contributed by atoms with E-state index in [1.54, 1.807) is 32.0 Å². The molecule has 3 rings (SSSR count). The van der Waals surface area contributed by atoms with Gasteiger partial charge in [0.05, 0.1) is 21.9 Å². The zero-order chi connectivity index (χ0) is 20.3. The fraction of sp³-hybridized carbons (Fsp3) is 0.158. The number of thiazole rings is 1. The maximum Gasteiger partial charge on any atom is 0.338 e. The average Bonchev–Trinajstić information content (AvgIpc) is 3.02. The Kier molecular flexibility index (Phi) is 5.96. The Hall–Kier alpha value is -2.91. The van der Waals surface area contributed by atoms with E-state index in [1.165, 1.54) is 29.5 Å². The third-order valence-electron chi connectivity index (χ3n) is 3.50. The third kappa shape index (κ3) is 4.87. The number of carbonyl (C=O) groups excluding carboxylic acids is 2. The molecule has 1 heterocycles. The lowest BCUT2D eigenvalue weighted by atomic mass is 10.2. The number of amides is 1. The molecule has 6 nitrogen and oxygen atoms in total. The van der Waals surface area contributed by atoms with Crippen molar-refractivity contribution in [2.24, 2.45) is 0 Å². The van der Waals surface area contributed by atoms with Gasteiger partial charge in [0, 0.05) is 5.56 Å². The zero-order valence-corrected chi connectivity index (χ0v) is 16.6. The lowest BCUT2D eigenvalue weighted by molar-refractivity contribution is 0.0378. The number of ether oxygens (including phenoxy) is 1. The summed E-state index contributed by atoms with van der Waals surface area (Å²) in [6, 6.07) is 10.3. The predicted octanol–water partition coefficient (Wildman–Crippen LogP) is 4.13. The minimum Gasteiger partial charge on any atom is -0.459 e. The Morgan fingerprint density at radius 2 is 1.96 bits per heavy atom. The summed E-state index contributed by atoms with van der Waals surface area (Å²) in [5, 5.41) is 5.79. The number of thiocarbonyl (C=S) groups is 1. The maximum atomic E-state index is 13.2. The van der Waals surface area contributed by atoms with Crippen LogP contribution in [0.3, 0.4) is 0 Å². The molecule has 1 amide bonds. The summed E-state index contributed by atoms with van der Waals surface area (Å²) in [7, 11) is 0. The van der Waals surface area contributed by atoms with E-state index in [9.17, 15) is 14.0 Å². The van der Waals surface area contributed by atoms with E-state index in [1.807, 2.05) is 0 Å². The molecule has 2 aromatic carbocycles. The van der Waals surface area contributed by atoms with Gasteiger partial charge in [-0.2, -0.15) is 0 Å². The number of fused-ring (bicyclic) bond motifs is 1. The average molecular weight is 417 g/mol. The minimum absolute atomic E-state index is 0.0350. The van der Waals surface area contributed by atoms with Crippen molar-refractivity contribution in [2.75, 3.05) is 5.32 Å². The van der Waals surface area contributed by atoms with Crippen molar-refractivity contribution in [1.82, 2.24) is 10.3 Å². The van der Waals surface area contributed by atoms with E-state index in [2.05, 4.69) is 15.6 Å². The largest absolute Gasteiger partial charge is 0.459 e. The number of esters is 1. The molecule has 2 N–H and O–H groups in total. The normalized spacial score (nSPS) is 10.7. The number of rotatable bonds is 4. The van der Waals surface area contributed by atoms with Crippen LogP contribution in [-0.2, 0) is 4.74 Å². The molecular weight excluding hydrogens is 401 g/mol. The molecule has 9 heteroatoms. The molecule has 0 bridgehead atoms. The van der Waals surface area contributed by atoms with Crippen LogP contribution in [0.1, 0.15) is 34.6 Å². The highest BCUT2D eigenvalue weighted by Crippen LogP contribution is 2.27. The summed E-state index contributed by atoms with van der Waals surface area (Å²) in [5.41, 5.74) is 1.26. The highest BCUT2D eigenvalue weighted by atomic mass is 32.1. The van der Waals surface area contributed by atoms with Gasteiger partial charge >= 0.3 is 5.97 Å². The minimum atomic E-state index is -0.531. The van der Waals surface area contributed by atoms with Gasteiger partial charge in [-0.25, -0.2) is 14.2 Å². The van der Waals surface area contributed by atoms with Crippen LogP contribution in [0.15, 0.2) is 42.5 Å². The number of nitrogens with zero attached hydrogens (tertiary/aromatic N) is 1. The first kappa shape index (κ1) is 19.8. The lowest BCUT2D eigenvalue weighted by Crippen LogP contribution is -2.34. The smallest absolute Gasteiger partial charge is 0.338 e. The van der Waals surface area contributed by atoms with E-state index >= 15 is 0 Å². The zero-order valence-electron chi connectivity index (χ0n) is 15.0. The molecule has 0 spiro atoms. The summed E-state index contributed by atoms with van der Waals surface area (Å²) in [5.74, 6) is -1.45. The topological polar surface area (TPSA) is 80.3 Å². The number of carbonyl (C=O) groups is 2. The molecule has 144 valence electrons. The van der Waals surface area contributed by atoms with E-state index in [-0.39, 0.29) is 16.8 Å². The molecule has 28 heavy (non-hydrogen) atoms. The van der Waals surface area contributed by atoms with E-state index < -0.39 is 17.7 Å². The van der Waals surface area contributed by atoms with Crippen molar-refractivity contribution in [1.29, 1.82) is 0 Å². The standard InChI is InChI=1S/C19H16FN3O3S2/c1-10(2)26-17(25)12-6-7-14-15(9-12)28-19(21-14)23-18(27)22-16(24)11-4-3-5-13(20)8-11/h3-10H,1-2H3,(H2,21,22,23,24,27). The number of benzene rings is 2. The Bertz CT molecular complexity index is 1070. The summed E-state index contributed by atoms with van der Waals surface area (Å²) >= 11 is 6.39. The molecule has 0 unspecified atom stereocenters. The molecule has 0 saturated heterocycles. The number of nitrogens with one attached hydrogen (secondary N) is 2. The fourth-order valence-corrected chi connectivity index (χ4v) is 3.48. The Balaban J connectivity index is 1.69. The second-order valence-electron chi connectivity index (χ2n) is 6.07. The van der Waals surface area contributed by atoms with Crippen LogP contribution in [0.25, 0.3) is 10.2 Å². The van der Waals surface area contributed by atoms with Crippen LogP contribution in [0.5, 0.6) is 0 Å². The van der Waals surface area contributed by atoms with E-state index in [0.717, 1.165) is 10.8 Å². The molecular formula is C19H16FN3O3S2. The van der Waals surface area contributed by atoms with Crippen LogP contribution in [0, 0.1) is 5.82 Å². The number of hydrogen-bond acceptors (Lipinski definition) is 6. The monoisotopic (exact) mass is 417 g/mol. The first-order valence-corrected chi connectivity index (χ1v) is 9.54. The van der Waals surface area contributed by atoms with Gasteiger partial charge in [0.25, 0.3) is 5.91 Å². The van der Waals surface area contributed by atoms with Gasteiger partial charge < -0.3 is 10.1 Å². The molecule has 0 aliphatic carbocycles. The van der Waals surface area contributed by atoms with Crippen molar-refractivity contribution < 1.29 is 18.7 Å². The van der Waals surface area contributed by atoms with Crippen LogP contribution in [0.4, 0.5) is 9.52 Å². The van der Waals surface area contributed by atoms with Crippen molar-refractivity contribution in [3.63, 3.8) is 0 Å². The van der Waals surface area contributed by atoms with Gasteiger partial charge in [-0.3, -0.25) is 10.1 Å². The van der Waals surface area contributed by atoms with Gasteiger partial charge in [0.2, 0.25) is 0 Å². The number of hydrogen-bond donors (Lipinski definition) is 2. The Morgan fingerprint density at radius 1 is 1.18 bits per heavy atom. The summed E-state index contributed by atoms with van der Waals surface area (Å²) in [6.45, 7) is 3.56. The van der Waals surface area contributed by atoms with Gasteiger partial charge in [0.15, 0.2) is 10.2 Å². The molecule has 1 aromatic heterocycles. The predicted molar refractivity (Wildman–Crippen MR) is 110 cm³/mol. The van der Waals surface area contributed by atoms with Crippen molar-refractivity contribution in [3.05, 3.63) is 59.4 Å². The first-order valence-electron chi connectivity index (χ1n) is 8.31. The highest BCUT2D eigenvalue weighted by molar-refractivity contribution is 7.80. The SMILES string of the molecule is CC(C)OC(=O)c1ccc2nc(NC(=S)NC(=O)c3cccc(F)c3)sc2c1. The Labute approximate surface area is 169 Å².